The number of benzene rings is 4. The minimum atomic E-state index is 0.844. The van der Waals surface area contributed by atoms with Crippen molar-refractivity contribution in [1.29, 1.82) is 0 Å². The number of nitrogens with one attached hydrogen (secondary N) is 1. The van der Waals surface area contributed by atoms with E-state index < -0.39 is 0 Å². The molecule has 41 heavy (non-hydrogen) atoms. The van der Waals surface area contributed by atoms with Crippen molar-refractivity contribution < 1.29 is 9.47 Å². The van der Waals surface area contributed by atoms with Crippen molar-refractivity contribution in [3.05, 3.63) is 150 Å². The number of fused-ring (bicyclic) bond motifs is 4. The lowest BCUT2D eigenvalue weighted by molar-refractivity contribution is 0.476. The molecule has 2 aliphatic heterocycles. The third-order valence-electron chi connectivity index (χ3n) is 6.20. The molecule has 0 atom stereocenters. The number of aromatic nitrogens is 2. The maximum Gasteiger partial charge on any atom is 0.151 e. The molecule has 0 spiro atoms. The van der Waals surface area contributed by atoms with E-state index in [1.165, 1.54) is 0 Å². The molecule has 2 aliphatic rings. The number of ether oxygens (including phenoxy) is 2. The molecule has 6 nitrogen and oxygen atoms in total. The standard InChI is InChI=1S/C17H12N2O.C12H9NO.C5H4IN/c1-3-9-15-13(7-1)19(17-11-5-6-12-18-17)14-8-2-4-10-16(14)20-15;1-3-7-11-9(5-1)13-10-6-2-4-8-12(10)14-11;6-5-3-1-2-4-7-5/h1-12H;1-8,13H;1-4H. The third-order valence-corrected chi connectivity index (χ3v) is 6.84. The summed E-state index contributed by atoms with van der Waals surface area (Å²) in [4.78, 5) is 10.6. The molecule has 0 saturated carbocycles. The molecule has 0 amide bonds. The zero-order chi connectivity index (χ0) is 27.9. The van der Waals surface area contributed by atoms with E-state index in [0.717, 1.165) is 55.3 Å². The first kappa shape index (κ1) is 26.3. The summed E-state index contributed by atoms with van der Waals surface area (Å²) < 4.78 is 12.7. The molecular weight excluding hydrogens is 623 g/mol. The molecule has 0 saturated heterocycles. The molecular formula is C34H25IN4O2. The zero-order valence-corrected chi connectivity index (χ0v) is 24.1. The monoisotopic (exact) mass is 648 g/mol. The van der Waals surface area contributed by atoms with Gasteiger partial charge in [0.25, 0.3) is 0 Å². The van der Waals surface area contributed by atoms with Crippen molar-refractivity contribution >= 4 is 51.2 Å². The van der Waals surface area contributed by atoms with Gasteiger partial charge in [0, 0.05) is 12.4 Å². The number of nitrogens with zero attached hydrogens (tertiary/aromatic N) is 3. The second-order valence-corrected chi connectivity index (χ2v) is 10.0. The van der Waals surface area contributed by atoms with E-state index in [9.17, 15) is 0 Å². The summed E-state index contributed by atoms with van der Waals surface area (Å²) in [6, 6.07) is 43.6. The van der Waals surface area contributed by atoms with Gasteiger partial charge in [-0.25, -0.2) is 4.98 Å². The Hall–Kier alpha value is -4.89. The fourth-order valence-electron chi connectivity index (χ4n) is 4.36. The Bertz CT molecular complexity index is 1620. The van der Waals surface area contributed by atoms with Crippen LogP contribution in [0.15, 0.2) is 146 Å². The Morgan fingerprint density at radius 3 is 1.44 bits per heavy atom. The molecule has 6 aromatic rings. The van der Waals surface area contributed by atoms with Crippen LogP contribution in [0.25, 0.3) is 0 Å². The highest BCUT2D eigenvalue weighted by Crippen LogP contribution is 2.49. The quantitative estimate of drug-likeness (QED) is 0.141. The first-order chi connectivity index (χ1) is 20.3. The second kappa shape index (κ2) is 12.5. The summed E-state index contributed by atoms with van der Waals surface area (Å²) in [7, 11) is 0. The van der Waals surface area contributed by atoms with Gasteiger partial charge < -0.3 is 14.8 Å². The number of para-hydroxylation sites is 8. The smallest absolute Gasteiger partial charge is 0.151 e. The summed E-state index contributed by atoms with van der Waals surface area (Å²) >= 11 is 2.17. The molecule has 0 fully saturated rings. The summed E-state index contributed by atoms with van der Waals surface area (Å²) in [6.45, 7) is 0. The number of pyridine rings is 2. The molecule has 0 bridgehead atoms. The topological polar surface area (TPSA) is 59.5 Å². The molecule has 4 aromatic carbocycles. The third kappa shape index (κ3) is 6.15. The minimum Gasteiger partial charge on any atom is -0.453 e. The van der Waals surface area contributed by atoms with E-state index in [1.807, 2.05) is 133 Å². The van der Waals surface area contributed by atoms with E-state index in [-0.39, 0.29) is 0 Å². The van der Waals surface area contributed by atoms with Gasteiger partial charge in [-0.15, -0.1) is 0 Å². The highest BCUT2D eigenvalue weighted by molar-refractivity contribution is 14.1. The van der Waals surface area contributed by atoms with Gasteiger partial charge in [0.1, 0.15) is 9.52 Å². The fourth-order valence-corrected chi connectivity index (χ4v) is 4.73. The molecule has 1 N–H and O–H groups in total. The summed E-state index contributed by atoms with van der Waals surface area (Å²) in [5, 5.41) is 3.32. The number of anilines is 5. The van der Waals surface area contributed by atoms with Gasteiger partial charge in [0.05, 0.1) is 22.7 Å². The van der Waals surface area contributed by atoms with Gasteiger partial charge in [-0.1, -0.05) is 60.7 Å². The van der Waals surface area contributed by atoms with Crippen molar-refractivity contribution in [3.8, 4) is 23.0 Å². The largest absolute Gasteiger partial charge is 0.453 e. The number of rotatable bonds is 1. The van der Waals surface area contributed by atoms with Crippen molar-refractivity contribution in [2.75, 3.05) is 10.2 Å². The molecule has 7 heteroatoms. The average Bonchev–Trinajstić information content (AvgIpc) is 3.04. The Labute approximate surface area is 252 Å². The van der Waals surface area contributed by atoms with Gasteiger partial charge in [0.2, 0.25) is 0 Å². The van der Waals surface area contributed by atoms with Crippen LogP contribution in [-0.2, 0) is 0 Å². The lowest BCUT2D eigenvalue weighted by atomic mass is 10.1. The molecule has 0 unspecified atom stereocenters. The van der Waals surface area contributed by atoms with E-state index >= 15 is 0 Å². The Kier molecular flexibility index (Phi) is 8.05. The van der Waals surface area contributed by atoms with Crippen LogP contribution in [0.3, 0.4) is 0 Å². The van der Waals surface area contributed by atoms with Crippen LogP contribution in [0.4, 0.5) is 28.6 Å². The Morgan fingerprint density at radius 2 is 0.951 bits per heavy atom. The molecule has 4 heterocycles. The normalized spacial score (nSPS) is 11.6. The molecule has 0 aliphatic carbocycles. The van der Waals surface area contributed by atoms with E-state index in [0.29, 0.717) is 0 Å². The maximum atomic E-state index is 5.96. The van der Waals surface area contributed by atoms with Gasteiger partial charge >= 0.3 is 0 Å². The predicted octanol–water partition coefficient (Wildman–Crippen LogP) is 9.88. The van der Waals surface area contributed by atoms with E-state index in [4.69, 9.17) is 9.47 Å². The van der Waals surface area contributed by atoms with Crippen molar-refractivity contribution in [3.63, 3.8) is 0 Å². The summed E-state index contributed by atoms with van der Waals surface area (Å²) in [5.74, 6) is 4.34. The number of hydrogen-bond donors (Lipinski definition) is 1. The second-order valence-electron chi connectivity index (χ2n) is 8.93. The minimum absolute atomic E-state index is 0.844. The van der Waals surface area contributed by atoms with Crippen LogP contribution in [0.5, 0.6) is 23.0 Å². The molecule has 2 aromatic heterocycles. The van der Waals surface area contributed by atoms with Crippen LogP contribution in [0, 0.1) is 3.70 Å². The van der Waals surface area contributed by atoms with Crippen LogP contribution in [0.2, 0.25) is 0 Å². The highest BCUT2D eigenvalue weighted by atomic mass is 127. The van der Waals surface area contributed by atoms with Gasteiger partial charge in [-0.05, 0) is 95.4 Å². The zero-order valence-electron chi connectivity index (χ0n) is 21.9. The first-order valence-electron chi connectivity index (χ1n) is 13.0. The van der Waals surface area contributed by atoms with Gasteiger partial charge in [0.15, 0.2) is 23.0 Å². The summed E-state index contributed by atoms with van der Waals surface area (Å²) in [5.41, 5.74) is 4.05. The Balaban J connectivity index is 0.000000124. The van der Waals surface area contributed by atoms with Crippen molar-refractivity contribution in [1.82, 2.24) is 9.97 Å². The Morgan fingerprint density at radius 1 is 0.488 bits per heavy atom. The molecule has 8 rings (SSSR count). The fraction of sp³-hybridized carbons (Fsp3) is 0. The molecule has 0 radical (unpaired) electrons. The van der Waals surface area contributed by atoms with Crippen molar-refractivity contribution in [2.45, 2.75) is 0 Å². The van der Waals surface area contributed by atoms with Crippen LogP contribution in [-0.4, -0.2) is 9.97 Å². The van der Waals surface area contributed by atoms with Crippen molar-refractivity contribution in [2.24, 2.45) is 0 Å². The SMILES string of the molecule is Ic1ccccn1.c1ccc(N2c3ccccc3Oc3ccccc32)nc1.c1ccc2c(c1)Nc1ccccc1O2. The molecule has 200 valence electrons. The van der Waals surface area contributed by atoms with Crippen LogP contribution < -0.4 is 19.7 Å². The van der Waals surface area contributed by atoms with Gasteiger partial charge in [-0.2, -0.15) is 0 Å². The van der Waals surface area contributed by atoms with Gasteiger partial charge in [-0.3, -0.25) is 9.88 Å². The average molecular weight is 649 g/mol. The lowest BCUT2D eigenvalue weighted by Crippen LogP contribution is -2.16. The van der Waals surface area contributed by atoms with Crippen LogP contribution >= 0.6 is 22.6 Å². The highest BCUT2D eigenvalue weighted by Gasteiger charge is 2.25. The lowest BCUT2D eigenvalue weighted by Gasteiger charge is -2.31. The maximum absolute atomic E-state index is 5.96. The summed E-state index contributed by atoms with van der Waals surface area (Å²) in [6.07, 6.45) is 3.58. The number of hydrogen-bond acceptors (Lipinski definition) is 6. The van der Waals surface area contributed by atoms with Crippen LogP contribution in [0.1, 0.15) is 0 Å². The van der Waals surface area contributed by atoms with E-state index in [1.54, 1.807) is 12.4 Å². The number of halogens is 1. The predicted molar refractivity (Wildman–Crippen MR) is 172 cm³/mol. The van der Waals surface area contributed by atoms with E-state index in [2.05, 4.69) is 42.8 Å². The first-order valence-corrected chi connectivity index (χ1v) is 14.1.